The summed E-state index contributed by atoms with van der Waals surface area (Å²) in [6, 6.07) is 16.0. The van der Waals surface area contributed by atoms with Crippen molar-refractivity contribution in [1.29, 1.82) is 0 Å². The summed E-state index contributed by atoms with van der Waals surface area (Å²) in [7, 11) is 0. The largest absolute Gasteiger partial charge is 0.346 e. The van der Waals surface area contributed by atoms with Gasteiger partial charge in [0, 0.05) is 12.6 Å². The molecule has 1 amide bonds. The van der Waals surface area contributed by atoms with Gasteiger partial charge in [-0.05, 0) is 42.9 Å². The number of aromatic nitrogens is 3. The monoisotopic (exact) mass is 350 g/mol. The van der Waals surface area contributed by atoms with E-state index in [0.717, 1.165) is 30.7 Å². The maximum atomic E-state index is 12.5. The van der Waals surface area contributed by atoms with Gasteiger partial charge in [-0.2, -0.15) is 0 Å². The topological polar surface area (TPSA) is 59.3 Å². The van der Waals surface area contributed by atoms with E-state index >= 15 is 0 Å². The van der Waals surface area contributed by atoms with Crippen LogP contribution in [0.25, 0.3) is 5.65 Å². The van der Waals surface area contributed by atoms with Gasteiger partial charge in [-0.3, -0.25) is 9.20 Å². The minimum absolute atomic E-state index is 0.0688. The fourth-order valence-corrected chi connectivity index (χ4v) is 3.16. The summed E-state index contributed by atoms with van der Waals surface area (Å²) in [5, 5.41) is 11.7. The van der Waals surface area contributed by atoms with Crippen LogP contribution in [0.2, 0.25) is 0 Å². The van der Waals surface area contributed by atoms with Crippen LogP contribution < -0.4 is 5.32 Å². The number of benzene rings is 1. The van der Waals surface area contributed by atoms with E-state index in [4.69, 9.17) is 0 Å². The van der Waals surface area contributed by atoms with E-state index in [2.05, 4.69) is 41.5 Å². The summed E-state index contributed by atoms with van der Waals surface area (Å²) < 4.78 is 1.96. The highest BCUT2D eigenvalue weighted by Crippen LogP contribution is 2.21. The van der Waals surface area contributed by atoms with Gasteiger partial charge >= 0.3 is 0 Å². The molecular weight excluding hydrogens is 324 g/mol. The molecule has 0 spiro atoms. The number of carbonyl (C=O) groups excluding carboxylic acids is 1. The third-order valence-electron chi connectivity index (χ3n) is 4.41. The number of hydrogen-bond donors (Lipinski definition) is 1. The lowest BCUT2D eigenvalue weighted by molar-refractivity contribution is -0.122. The van der Waals surface area contributed by atoms with Crippen LogP contribution >= 0.6 is 0 Å². The number of pyridine rings is 1. The van der Waals surface area contributed by atoms with Crippen LogP contribution in [-0.2, 0) is 11.2 Å². The highest BCUT2D eigenvalue weighted by Gasteiger charge is 2.21. The Labute approximate surface area is 154 Å². The minimum atomic E-state index is -0.128. The van der Waals surface area contributed by atoms with Crippen molar-refractivity contribution >= 4 is 11.6 Å². The maximum absolute atomic E-state index is 12.5. The zero-order valence-corrected chi connectivity index (χ0v) is 15.4. The van der Waals surface area contributed by atoms with Crippen molar-refractivity contribution in [3.63, 3.8) is 0 Å². The first kappa shape index (κ1) is 18.1. The smallest absolute Gasteiger partial charge is 0.220 e. The van der Waals surface area contributed by atoms with Gasteiger partial charge in [0.25, 0.3) is 0 Å². The minimum Gasteiger partial charge on any atom is -0.346 e. The second kappa shape index (κ2) is 8.61. The normalized spacial score (nSPS) is 12.4. The second-order valence-electron chi connectivity index (χ2n) is 7.08. The highest BCUT2D eigenvalue weighted by molar-refractivity contribution is 5.76. The summed E-state index contributed by atoms with van der Waals surface area (Å²) in [6.07, 6.45) is 5.04. The van der Waals surface area contributed by atoms with E-state index in [0.29, 0.717) is 12.3 Å². The Balaban J connectivity index is 1.63. The molecule has 0 aliphatic carbocycles. The number of nitrogens with zero attached hydrogens (tertiary/aromatic N) is 3. The van der Waals surface area contributed by atoms with Gasteiger partial charge in [-0.15, -0.1) is 10.2 Å². The van der Waals surface area contributed by atoms with Gasteiger partial charge in [0.05, 0.1) is 6.04 Å². The Hall–Kier alpha value is -2.69. The van der Waals surface area contributed by atoms with Crippen molar-refractivity contribution in [2.75, 3.05) is 0 Å². The molecule has 0 saturated carbocycles. The SMILES string of the molecule is CC(C)C[C@H](NC(=O)CCCc1ccccc1)c1nnc2ccccn12. The van der Waals surface area contributed by atoms with Crippen LogP contribution in [0.15, 0.2) is 54.7 Å². The lowest BCUT2D eigenvalue weighted by atomic mass is 10.0. The number of carbonyl (C=O) groups is 1. The molecule has 5 heteroatoms. The quantitative estimate of drug-likeness (QED) is 0.669. The van der Waals surface area contributed by atoms with Crippen molar-refractivity contribution in [2.24, 2.45) is 5.92 Å². The molecule has 0 saturated heterocycles. The van der Waals surface area contributed by atoms with E-state index in [-0.39, 0.29) is 11.9 Å². The average molecular weight is 350 g/mol. The third kappa shape index (κ3) is 4.69. The number of nitrogens with one attached hydrogen (secondary N) is 1. The molecule has 1 atom stereocenters. The van der Waals surface area contributed by atoms with Gasteiger partial charge < -0.3 is 5.32 Å². The van der Waals surface area contributed by atoms with E-state index < -0.39 is 0 Å². The van der Waals surface area contributed by atoms with Crippen molar-refractivity contribution in [3.05, 3.63) is 66.1 Å². The predicted molar refractivity (Wildman–Crippen MR) is 103 cm³/mol. The van der Waals surface area contributed by atoms with Crippen LogP contribution in [0.4, 0.5) is 0 Å². The van der Waals surface area contributed by atoms with E-state index in [1.165, 1.54) is 5.56 Å². The Kier molecular flexibility index (Phi) is 6.00. The van der Waals surface area contributed by atoms with Gasteiger partial charge in [0.1, 0.15) is 0 Å². The first-order valence-electron chi connectivity index (χ1n) is 9.26. The number of fused-ring (bicyclic) bond motifs is 1. The Morgan fingerprint density at radius 1 is 1.08 bits per heavy atom. The van der Waals surface area contributed by atoms with Crippen LogP contribution in [0, 0.1) is 5.92 Å². The number of aryl methyl sites for hydroxylation is 1. The van der Waals surface area contributed by atoms with E-state index in [9.17, 15) is 4.79 Å². The molecule has 0 unspecified atom stereocenters. The molecule has 0 aliphatic rings. The first-order valence-corrected chi connectivity index (χ1v) is 9.26. The third-order valence-corrected chi connectivity index (χ3v) is 4.41. The summed E-state index contributed by atoms with van der Waals surface area (Å²) in [5.41, 5.74) is 2.07. The van der Waals surface area contributed by atoms with Gasteiger partial charge in [0.2, 0.25) is 5.91 Å². The van der Waals surface area contributed by atoms with E-state index in [1.54, 1.807) is 0 Å². The number of rotatable bonds is 8. The zero-order chi connectivity index (χ0) is 18.4. The van der Waals surface area contributed by atoms with Crippen molar-refractivity contribution < 1.29 is 4.79 Å². The summed E-state index contributed by atoms with van der Waals surface area (Å²) in [5.74, 6) is 1.31. The van der Waals surface area contributed by atoms with Crippen molar-refractivity contribution in [2.45, 2.75) is 45.6 Å². The van der Waals surface area contributed by atoms with Crippen LogP contribution in [0.1, 0.15) is 50.5 Å². The Bertz CT molecular complexity index is 841. The van der Waals surface area contributed by atoms with E-state index in [1.807, 2.05) is 47.0 Å². The molecule has 3 rings (SSSR count). The summed E-state index contributed by atoms with van der Waals surface area (Å²) in [6.45, 7) is 4.30. The Morgan fingerprint density at radius 2 is 1.85 bits per heavy atom. The fraction of sp³-hybridized carbons (Fsp3) is 0.381. The summed E-state index contributed by atoms with van der Waals surface area (Å²) >= 11 is 0. The molecule has 1 N–H and O–H groups in total. The van der Waals surface area contributed by atoms with Crippen molar-refractivity contribution in [3.8, 4) is 0 Å². The lowest BCUT2D eigenvalue weighted by Crippen LogP contribution is -2.30. The number of amides is 1. The van der Waals surface area contributed by atoms with Crippen molar-refractivity contribution in [1.82, 2.24) is 19.9 Å². The molecule has 2 aromatic heterocycles. The molecule has 1 aromatic carbocycles. The van der Waals surface area contributed by atoms with Gasteiger partial charge in [-0.25, -0.2) is 0 Å². The van der Waals surface area contributed by atoms with Crippen LogP contribution in [-0.4, -0.2) is 20.5 Å². The molecule has 2 heterocycles. The van der Waals surface area contributed by atoms with Gasteiger partial charge in [0.15, 0.2) is 11.5 Å². The molecule has 5 nitrogen and oxygen atoms in total. The maximum Gasteiger partial charge on any atom is 0.220 e. The van der Waals surface area contributed by atoms with Crippen LogP contribution in [0.5, 0.6) is 0 Å². The summed E-state index contributed by atoms with van der Waals surface area (Å²) in [4.78, 5) is 12.5. The molecule has 136 valence electrons. The molecule has 0 radical (unpaired) electrons. The molecule has 3 aromatic rings. The van der Waals surface area contributed by atoms with Crippen LogP contribution in [0.3, 0.4) is 0 Å². The molecule has 0 aliphatic heterocycles. The molecular formula is C21H26N4O. The predicted octanol–water partition coefficient (Wildman–Crippen LogP) is 3.96. The fourth-order valence-electron chi connectivity index (χ4n) is 3.16. The Morgan fingerprint density at radius 3 is 2.62 bits per heavy atom. The molecule has 26 heavy (non-hydrogen) atoms. The molecule has 0 fully saturated rings. The first-order chi connectivity index (χ1) is 12.6. The standard InChI is InChI=1S/C21H26N4O/c1-16(2)15-18(21-24-23-19-12-6-7-14-25(19)21)22-20(26)13-8-11-17-9-4-3-5-10-17/h3-7,9-10,12,14,16,18H,8,11,13,15H2,1-2H3,(H,22,26)/t18-/m0/s1. The average Bonchev–Trinajstić information content (AvgIpc) is 3.06. The van der Waals surface area contributed by atoms with Gasteiger partial charge in [-0.1, -0.05) is 50.2 Å². The highest BCUT2D eigenvalue weighted by atomic mass is 16.1. The molecule has 0 bridgehead atoms. The lowest BCUT2D eigenvalue weighted by Gasteiger charge is -2.19. The zero-order valence-electron chi connectivity index (χ0n) is 15.4. The second-order valence-corrected chi connectivity index (χ2v) is 7.08. The number of hydrogen-bond acceptors (Lipinski definition) is 3.